The van der Waals surface area contributed by atoms with Crippen LogP contribution in [-0.4, -0.2) is 11.1 Å². The molecule has 2 nitrogen and oxygen atoms in total. The number of aliphatic carboxylic acids is 1. The van der Waals surface area contributed by atoms with Gasteiger partial charge in [0, 0.05) is 0 Å². The molecule has 0 radical (unpaired) electrons. The number of carbonyl (C=O) groups is 1. The van der Waals surface area contributed by atoms with E-state index in [4.69, 9.17) is 5.11 Å². The van der Waals surface area contributed by atoms with E-state index in [1.165, 1.54) is 5.56 Å². The molecule has 16 heavy (non-hydrogen) atoms. The van der Waals surface area contributed by atoms with E-state index in [0.717, 1.165) is 6.42 Å². The standard InChI is InChI=1S/C14H20O2/c1-4-14(3,10-11(2)13(15)16)12-8-6-5-7-9-12/h5-9,11H,4,10H2,1-3H3,(H,15,16). The molecule has 0 bridgehead atoms. The summed E-state index contributed by atoms with van der Waals surface area (Å²) in [5, 5.41) is 8.99. The van der Waals surface area contributed by atoms with Gasteiger partial charge < -0.3 is 5.11 Å². The van der Waals surface area contributed by atoms with E-state index >= 15 is 0 Å². The lowest BCUT2D eigenvalue weighted by molar-refractivity contribution is -0.141. The van der Waals surface area contributed by atoms with E-state index < -0.39 is 5.97 Å². The fraction of sp³-hybridized carbons (Fsp3) is 0.500. The largest absolute Gasteiger partial charge is 0.481 e. The van der Waals surface area contributed by atoms with Crippen molar-refractivity contribution in [3.8, 4) is 0 Å². The molecule has 0 amide bonds. The van der Waals surface area contributed by atoms with Gasteiger partial charge in [0.05, 0.1) is 5.92 Å². The first kappa shape index (κ1) is 12.8. The molecule has 0 aliphatic carbocycles. The molecule has 88 valence electrons. The van der Waals surface area contributed by atoms with Gasteiger partial charge in [-0.1, -0.05) is 51.1 Å². The van der Waals surface area contributed by atoms with Crippen molar-refractivity contribution in [2.75, 3.05) is 0 Å². The molecule has 1 N–H and O–H groups in total. The molecule has 1 aromatic carbocycles. The third-order valence-corrected chi connectivity index (χ3v) is 3.43. The number of carboxylic acids is 1. The Morgan fingerprint density at radius 3 is 2.38 bits per heavy atom. The maximum atomic E-state index is 10.9. The van der Waals surface area contributed by atoms with Crippen molar-refractivity contribution in [1.29, 1.82) is 0 Å². The maximum Gasteiger partial charge on any atom is 0.306 e. The molecule has 0 aliphatic heterocycles. The summed E-state index contributed by atoms with van der Waals surface area (Å²) in [7, 11) is 0. The first-order valence-corrected chi connectivity index (χ1v) is 5.78. The van der Waals surface area contributed by atoms with Crippen LogP contribution in [-0.2, 0) is 10.2 Å². The molecule has 0 spiro atoms. The van der Waals surface area contributed by atoms with Crippen molar-refractivity contribution in [2.45, 2.75) is 39.0 Å². The number of carboxylic acid groups (broad SMARTS) is 1. The van der Waals surface area contributed by atoms with E-state index in [1.54, 1.807) is 6.92 Å². The summed E-state index contributed by atoms with van der Waals surface area (Å²) in [6.07, 6.45) is 1.64. The Morgan fingerprint density at radius 2 is 1.94 bits per heavy atom. The van der Waals surface area contributed by atoms with E-state index in [2.05, 4.69) is 26.0 Å². The van der Waals surface area contributed by atoms with Crippen LogP contribution in [0.4, 0.5) is 0 Å². The zero-order chi connectivity index (χ0) is 12.2. The highest BCUT2D eigenvalue weighted by Gasteiger charge is 2.29. The first-order valence-electron chi connectivity index (χ1n) is 5.78. The van der Waals surface area contributed by atoms with Crippen LogP contribution in [0.1, 0.15) is 39.2 Å². The van der Waals surface area contributed by atoms with Crippen molar-refractivity contribution in [3.63, 3.8) is 0 Å². The van der Waals surface area contributed by atoms with Gasteiger partial charge in [-0.25, -0.2) is 0 Å². The average molecular weight is 220 g/mol. The fourth-order valence-corrected chi connectivity index (χ4v) is 2.07. The zero-order valence-corrected chi connectivity index (χ0v) is 10.2. The smallest absolute Gasteiger partial charge is 0.306 e. The second-order valence-corrected chi connectivity index (χ2v) is 4.72. The van der Waals surface area contributed by atoms with Crippen LogP contribution < -0.4 is 0 Å². The Morgan fingerprint density at radius 1 is 1.38 bits per heavy atom. The summed E-state index contributed by atoms with van der Waals surface area (Å²) in [5.74, 6) is -1.01. The molecule has 0 saturated carbocycles. The Kier molecular flexibility index (Phi) is 4.11. The molecular weight excluding hydrogens is 200 g/mol. The quantitative estimate of drug-likeness (QED) is 0.825. The van der Waals surface area contributed by atoms with Crippen LogP contribution >= 0.6 is 0 Å². The topological polar surface area (TPSA) is 37.3 Å². The normalized spacial score (nSPS) is 16.4. The van der Waals surface area contributed by atoms with Gasteiger partial charge >= 0.3 is 5.97 Å². The van der Waals surface area contributed by atoms with Gasteiger partial charge in [-0.2, -0.15) is 0 Å². The summed E-state index contributed by atoms with van der Waals surface area (Å²) >= 11 is 0. The Hall–Kier alpha value is -1.31. The van der Waals surface area contributed by atoms with Gasteiger partial charge in [-0.15, -0.1) is 0 Å². The van der Waals surface area contributed by atoms with Crippen LogP contribution in [0.2, 0.25) is 0 Å². The SMILES string of the molecule is CCC(C)(CC(C)C(=O)O)c1ccccc1. The summed E-state index contributed by atoms with van der Waals surface area (Å²) in [6, 6.07) is 10.2. The Balaban J connectivity index is 2.90. The summed E-state index contributed by atoms with van der Waals surface area (Å²) in [5.41, 5.74) is 1.18. The van der Waals surface area contributed by atoms with Crippen LogP contribution in [0.5, 0.6) is 0 Å². The van der Waals surface area contributed by atoms with E-state index in [9.17, 15) is 4.79 Å². The van der Waals surface area contributed by atoms with Gasteiger partial charge in [0.15, 0.2) is 0 Å². The molecule has 2 atom stereocenters. The summed E-state index contributed by atoms with van der Waals surface area (Å²) < 4.78 is 0. The molecule has 0 aliphatic rings. The van der Waals surface area contributed by atoms with Crippen LogP contribution in [0.3, 0.4) is 0 Å². The van der Waals surface area contributed by atoms with E-state index in [-0.39, 0.29) is 11.3 Å². The van der Waals surface area contributed by atoms with Gasteiger partial charge in [0.2, 0.25) is 0 Å². The number of hydrogen-bond donors (Lipinski definition) is 1. The Bertz CT molecular complexity index is 345. The lowest BCUT2D eigenvalue weighted by atomic mass is 9.74. The molecule has 0 saturated heterocycles. The molecule has 0 fully saturated rings. The molecule has 0 aromatic heterocycles. The van der Waals surface area contributed by atoms with Gasteiger partial charge in [0.25, 0.3) is 0 Å². The van der Waals surface area contributed by atoms with Crippen LogP contribution in [0.25, 0.3) is 0 Å². The highest BCUT2D eigenvalue weighted by atomic mass is 16.4. The maximum absolute atomic E-state index is 10.9. The highest BCUT2D eigenvalue weighted by Crippen LogP contribution is 2.34. The lowest BCUT2D eigenvalue weighted by Gasteiger charge is -2.30. The summed E-state index contributed by atoms with van der Waals surface area (Å²) in [4.78, 5) is 10.9. The van der Waals surface area contributed by atoms with Crippen LogP contribution in [0.15, 0.2) is 30.3 Å². The molecule has 1 aromatic rings. The molecule has 2 unspecified atom stereocenters. The van der Waals surface area contributed by atoms with Crippen molar-refractivity contribution >= 4 is 5.97 Å². The minimum absolute atomic E-state index is 0.0426. The average Bonchev–Trinajstić information content (AvgIpc) is 2.29. The Labute approximate surface area is 97.3 Å². The van der Waals surface area contributed by atoms with Crippen molar-refractivity contribution < 1.29 is 9.90 Å². The second-order valence-electron chi connectivity index (χ2n) is 4.72. The van der Waals surface area contributed by atoms with E-state index in [0.29, 0.717) is 6.42 Å². The summed E-state index contributed by atoms with van der Waals surface area (Å²) in [6.45, 7) is 6.03. The second kappa shape index (κ2) is 5.15. The van der Waals surface area contributed by atoms with Crippen molar-refractivity contribution in [3.05, 3.63) is 35.9 Å². The molecular formula is C14H20O2. The highest BCUT2D eigenvalue weighted by molar-refractivity contribution is 5.69. The third-order valence-electron chi connectivity index (χ3n) is 3.43. The van der Waals surface area contributed by atoms with Gasteiger partial charge in [-0.05, 0) is 23.8 Å². The van der Waals surface area contributed by atoms with Gasteiger partial charge in [0.1, 0.15) is 0 Å². The number of benzene rings is 1. The fourth-order valence-electron chi connectivity index (χ4n) is 2.07. The van der Waals surface area contributed by atoms with E-state index in [1.807, 2.05) is 18.2 Å². The minimum atomic E-state index is -0.712. The molecule has 2 heteroatoms. The zero-order valence-electron chi connectivity index (χ0n) is 10.2. The molecule has 1 rings (SSSR count). The first-order chi connectivity index (χ1) is 7.49. The number of hydrogen-bond acceptors (Lipinski definition) is 1. The monoisotopic (exact) mass is 220 g/mol. The lowest BCUT2D eigenvalue weighted by Crippen LogP contribution is -2.27. The number of rotatable bonds is 5. The molecule has 0 heterocycles. The van der Waals surface area contributed by atoms with Gasteiger partial charge in [-0.3, -0.25) is 4.79 Å². The predicted molar refractivity (Wildman–Crippen MR) is 65.5 cm³/mol. The van der Waals surface area contributed by atoms with Crippen LogP contribution in [0, 0.1) is 5.92 Å². The van der Waals surface area contributed by atoms with Crippen molar-refractivity contribution in [1.82, 2.24) is 0 Å². The van der Waals surface area contributed by atoms with Crippen molar-refractivity contribution in [2.24, 2.45) is 5.92 Å². The minimum Gasteiger partial charge on any atom is -0.481 e. The third kappa shape index (κ3) is 2.84. The predicted octanol–water partition coefficient (Wildman–Crippen LogP) is 3.47.